The fourth-order valence-corrected chi connectivity index (χ4v) is 3.67. The second-order valence-electron chi connectivity index (χ2n) is 8.35. The molecule has 4 nitrogen and oxygen atoms in total. The van der Waals surface area contributed by atoms with Gasteiger partial charge < -0.3 is 20.2 Å². The summed E-state index contributed by atoms with van der Waals surface area (Å²) in [5, 5.41) is 3.73. The number of rotatable bonds is 6. The number of hydrogen-bond acceptors (Lipinski definition) is 4. The number of hydrogen-bond donors (Lipinski definition) is 2. The highest BCUT2D eigenvalue weighted by Gasteiger charge is 2.38. The van der Waals surface area contributed by atoms with Crippen LogP contribution in [0, 0.1) is 0 Å². The van der Waals surface area contributed by atoms with Crippen molar-refractivity contribution in [3.8, 4) is 0 Å². The van der Waals surface area contributed by atoms with Crippen LogP contribution < -0.4 is 11.1 Å². The Labute approximate surface area is 148 Å². The summed E-state index contributed by atoms with van der Waals surface area (Å²) in [6, 6.07) is 8.09. The molecule has 0 aromatic heterocycles. The van der Waals surface area contributed by atoms with Gasteiger partial charge in [-0.25, -0.2) is 0 Å². The Morgan fingerprint density at radius 3 is 2.54 bits per heavy atom. The van der Waals surface area contributed by atoms with Gasteiger partial charge in [0.1, 0.15) is 0 Å². The lowest BCUT2D eigenvalue weighted by molar-refractivity contribution is -0.0604. The van der Waals surface area contributed by atoms with Gasteiger partial charge >= 0.3 is 0 Å². The van der Waals surface area contributed by atoms with Crippen molar-refractivity contribution in [3.05, 3.63) is 29.8 Å². The maximum atomic E-state index is 6.32. The molecule has 0 bridgehead atoms. The number of para-hydroxylation sites is 1. The van der Waals surface area contributed by atoms with Gasteiger partial charge in [0.2, 0.25) is 0 Å². The molecule has 0 saturated carbocycles. The largest absolute Gasteiger partial charge is 0.414 e. The molecule has 5 heteroatoms. The van der Waals surface area contributed by atoms with E-state index >= 15 is 0 Å². The van der Waals surface area contributed by atoms with Crippen LogP contribution in [0.25, 0.3) is 0 Å². The maximum Gasteiger partial charge on any atom is 0.192 e. The quantitative estimate of drug-likeness (QED) is 0.608. The Hall–Kier alpha value is -0.883. The minimum absolute atomic E-state index is 0.144. The molecule has 1 heterocycles. The Morgan fingerprint density at radius 2 is 1.88 bits per heavy atom. The molecule has 0 aliphatic carbocycles. The lowest BCUT2D eigenvalue weighted by Crippen LogP contribution is -2.49. The van der Waals surface area contributed by atoms with Crippen LogP contribution in [0.3, 0.4) is 0 Å². The predicted octanol–water partition coefficient (Wildman–Crippen LogP) is 3.58. The van der Waals surface area contributed by atoms with E-state index in [4.69, 9.17) is 14.9 Å². The number of nitrogen functional groups attached to an aromatic ring is 1. The minimum Gasteiger partial charge on any atom is -0.414 e. The summed E-state index contributed by atoms with van der Waals surface area (Å²) in [6.07, 6.45) is 2.31. The predicted molar refractivity (Wildman–Crippen MR) is 104 cm³/mol. The molecule has 0 spiro atoms. The van der Waals surface area contributed by atoms with E-state index in [0.29, 0.717) is 6.61 Å². The van der Waals surface area contributed by atoms with Crippen LogP contribution >= 0.6 is 0 Å². The Kier molecular flexibility index (Phi) is 6.48. The topological polar surface area (TPSA) is 56.5 Å². The number of benzene rings is 1. The summed E-state index contributed by atoms with van der Waals surface area (Å²) < 4.78 is 12.6. The van der Waals surface area contributed by atoms with Crippen molar-refractivity contribution in [2.24, 2.45) is 0 Å². The third-order valence-corrected chi connectivity index (χ3v) is 9.86. The molecule has 0 radical (unpaired) electrons. The highest BCUT2D eigenvalue weighted by molar-refractivity contribution is 6.74. The Balaban J connectivity index is 1.81. The van der Waals surface area contributed by atoms with Gasteiger partial charge in [-0.2, -0.15) is 0 Å². The van der Waals surface area contributed by atoms with Crippen LogP contribution in [0.15, 0.2) is 24.3 Å². The third-order valence-electron chi connectivity index (χ3n) is 5.36. The second-order valence-corrected chi connectivity index (χ2v) is 13.2. The average Bonchev–Trinajstić information content (AvgIpc) is 2.52. The summed E-state index contributed by atoms with van der Waals surface area (Å²) >= 11 is 0. The first-order valence-corrected chi connectivity index (χ1v) is 11.9. The fourth-order valence-electron chi connectivity index (χ4n) is 2.64. The molecule has 0 amide bonds. The van der Waals surface area contributed by atoms with E-state index in [9.17, 15) is 0 Å². The van der Waals surface area contributed by atoms with Crippen LogP contribution in [0.4, 0.5) is 5.69 Å². The van der Waals surface area contributed by atoms with Crippen molar-refractivity contribution in [3.63, 3.8) is 0 Å². The first kappa shape index (κ1) is 19.4. The SMILES string of the molecule is CC(C)(C)[Si](C)(C)OC[C@@H]1CNC[C@@H](CCc2ccccc2N)O1. The maximum absolute atomic E-state index is 6.32. The van der Waals surface area contributed by atoms with Crippen LogP contribution in [-0.4, -0.2) is 40.2 Å². The van der Waals surface area contributed by atoms with Gasteiger partial charge in [0.15, 0.2) is 8.32 Å². The zero-order valence-corrected chi connectivity index (χ0v) is 16.9. The first-order chi connectivity index (χ1) is 11.2. The van der Waals surface area contributed by atoms with Crippen LogP contribution in [0.5, 0.6) is 0 Å². The molecule has 3 N–H and O–H groups in total. The smallest absolute Gasteiger partial charge is 0.192 e. The molecule has 2 rings (SSSR count). The lowest BCUT2D eigenvalue weighted by Gasteiger charge is -2.38. The van der Waals surface area contributed by atoms with E-state index in [0.717, 1.165) is 31.6 Å². The zero-order valence-electron chi connectivity index (χ0n) is 15.9. The molecular formula is C19H34N2O2Si. The molecular weight excluding hydrogens is 316 g/mol. The third kappa shape index (κ3) is 5.31. The number of anilines is 1. The number of nitrogens with one attached hydrogen (secondary N) is 1. The summed E-state index contributed by atoms with van der Waals surface area (Å²) in [7, 11) is -1.71. The molecule has 1 saturated heterocycles. The van der Waals surface area contributed by atoms with Gasteiger partial charge in [-0.1, -0.05) is 39.0 Å². The molecule has 0 unspecified atom stereocenters. The van der Waals surface area contributed by atoms with Crippen molar-refractivity contribution in [2.75, 3.05) is 25.4 Å². The molecule has 1 fully saturated rings. The Bertz CT molecular complexity index is 528. The highest BCUT2D eigenvalue weighted by atomic mass is 28.4. The zero-order chi connectivity index (χ0) is 17.8. The van der Waals surface area contributed by atoms with Crippen molar-refractivity contribution in [1.29, 1.82) is 0 Å². The number of aryl methyl sites for hydroxylation is 1. The van der Waals surface area contributed by atoms with Gasteiger partial charge in [0, 0.05) is 18.8 Å². The normalized spacial score (nSPS) is 22.5. The average molecular weight is 351 g/mol. The van der Waals surface area contributed by atoms with E-state index in [1.165, 1.54) is 5.56 Å². The molecule has 1 aromatic carbocycles. The molecule has 1 aliphatic heterocycles. The van der Waals surface area contributed by atoms with Crippen LogP contribution in [-0.2, 0) is 15.6 Å². The van der Waals surface area contributed by atoms with E-state index in [2.05, 4.69) is 45.2 Å². The van der Waals surface area contributed by atoms with Gasteiger partial charge in [0.05, 0.1) is 18.8 Å². The molecule has 24 heavy (non-hydrogen) atoms. The summed E-state index contributed by atoms with van der Waals surface area (Å²) in [4.78, 5) is 0. The van der Waals surface area contributed by atoms with Crippen molar-refractivity contribution in [2.45, 2.75) is 64.0 Å². The first-order valence-electron chi connectivity index (χ1n) is 9.02. The highest BCUT2D eigenvalue weighted by Crippen LogP contribution is 2.36. The van der Waals surface area contributed by atoms with Crippen molar-refractivity contribution >= 4 is 14.0 Å². The summed E-state index contributed by atoms with van der Waals surface area (Å²) in [5.41, 5.74) is 8.11. The minimum atomic E-state index is -1.71. The standard InChI is InChI=1S/C19H34N2O2Si/c1-19(2,3)24(4,5)22-14-17-13-21-12-16(23-17)11-10-15-8-6-7-9-18(15)20/h6-9,16-17,21H,10-14,20H2,1-5H3/t16-,17+/m1/s1. The number of ether oxygens (including phenoxy) is 1. The molecule has 2 atom stereocenters. The number of morpholine rings is 1. The summed E-state index contributed by atoms with van der Waals surface area (Å²) in [5.74, 6) is 0. The van der Waals surface area contributed by atoms with E-state index in [1.807, 2.05) is 18.2 Å². The van der Waals surface area contributed by atoms with Crippen LogP contribution in [0.1, 0.15) is 32.8 Å². The number of nitrogens with two attached hydrogens (primary N) is 1. The van der Waals surface area contributed by atoms with E-state index in [1.54, 1.807) is 0 Å². The van der Waals surface area contributed by atoms with Crippen molar-refractivity contribution < 1.29 is 9.16 Å². The van der Waals surface area contributed by atoms with Gasteiger partial charge in [0.25, 0.3) is 0 Å². The van der Waals surface area contributed by atoms with Gasteiger partial charge in [-0.05, 0) is 42.6 Å². The van der Waals surface area contributed by atoms with Gasteiger partial charge in [-0.3, -0.25) is 0 Å². The summed E-state index contributed by atoms with van der Waals surface area (Å²) in [6.45, 7) is 13.9. The molecule has 1 aromatic rings. The van der Waals surface area contributed by atoms with Crippen LogP contribution in [0.2, 0.25) is 18.1 Å². The molecule has 136 valence electrons. The van der Waals surface area contributed by atoms with Gasteiger partial charge in [-0.15, -0.1) is 0 Å². The second kappa shape index (κ2) is 8.00. The Morgan fingerprint density at radius 1 is 1.21 bits per heavy atom. The monoisotopic (exact) mass is 350 g/mol. The van der Waals surface area contributed by atoms with E-state index in [-0.39, 0.29) is 17.2 Å². The van der Waals surface area contributed by atoms with E-state index < -0.39 is 8.32 Å². The molecule has 1 aliphatic rings. The van der Waals surface area contributed by atoms with Crippen molar-refractivity contribution in [1.82, 2.24) is 5.32 Å². The lowest BCUT2D eigenvalue weighted by atomic mass is 10.0. The fraction of sp³-hybridized carbons (Fsp3) is 0.684.